The van der Waals surface area contributed by atoms with E-state index in [2.05, 4.69) is 0 Å². The highest BCUT2D eigenvalue weighted by Gasteiger charge is 2.46. The number of amidine groups is 1. The van der Waals surface area contributed by atoms with E-state index in [1.54, 1.807) is 65.6 Å². The molecule has 1 unspecified atom stereocenters. The van der Waals surface area contributed by atoms with Gasteiger partial charge >= 0.3 is 0 Å². The average molecular weight is 523 g/mol. The Hall–Kier alpha value is -4.05. The number of amides is 1. The van der Waals surface area contributed by atoms with Gasteiger partial charge in [0, 0.05) is 11.3 Å². The minimum atomic E-state index is -4.10. The second-order valence-corrected chi connectivity index (χ2v) is 10.6. The third-order valence-corrected chi connectivity index (χ3v) is 7.60. The lowest BCUT2D eigenvalue weighted by molar-refractivity contribution is -0.124. The monoisotopic (exact) mass is 522 g/mol. The summed E-state index contributed by atoms with van der Waals surface area (Å²) in [6.07, 6.45) is -0.0824. The first-order valence-corrected chi connectivity index (χ1v) is 13.3. The molecule has 1 heterocycles. The quantitative estimate of drug-likeness (QED) is 0.322. The first-order chi connectivity index (χ1) is 17.6. The third kappa shape index (κ3) is 5.24. The van der Waals surface area contributed by atoms with Gasteiger partial charge in [0.2, 0.25) is 0 Å². The summed E-state index contributed by atoms with van der Waals surface area (Å²) in [5.74, 6) is 0.338. The predicted octanol–water partition coefficient (Wildman–Crippen LogP) is 3.89. The Balaban J connectivity index is 1.81. The Kier molecular flexibility index (Phi) is 7.40. The number of rotatable bonds is 9. The molecule has 1 atom stereocenters. The van der Waals surface area contributed by atoms with Crippen LogP contribution in [0.1, 0.15) is 37.9 Å². The first kappa shape index (κ1) is 26.0. The van der Waals surface area contributed by atoms with Gasteiger partial charge < -0.3 is 20.1 Å². The topological polar surface area (TPSA) is 126 Å². The van der Waals surface area contributed by atoms with Crippen molar-refractivity contribution in [2.45, 2.75) is 37.8 Å². The van der Waals surface area contributed by atoms with E-state index >= 15 is 0 Å². The largest absolute Gasteiger partial charge is 0.490 e. The molecule has 0 saturated carbocycles. The van der Waals surface area contributed by atoms with Gasteiger partial charge in [0.15, 0.2) is 11.5 Å². The van der Waals surface area contributed by atoms with Gasteiger partial charge in [-0.25, -0.2) is 12.7 Å². The number of hydrogen-bond donors (Lipinski definition) is 2. The standard InChI is InChI=1S/C27H30N4O5S/c1-4-35-24-16-20(12-15-23(24)36-18(2)3)25-27(32)31(37(33,34)22-8-6-5-7-9-22)17-30(25)21-13-10-19(11-14-21)26(28)29/h5-16,18,25H,4,17H2,1-3H3,(H3,28,29). The number of ether oxygens (including phenoxy) is 2. The van der Waals surface area contributed by atoms with Crippen molar-refractivity contribution in [3.8, 4) is 11.5 Å². The number of nitrogens with two attached hydrogens (primary N) is 1. The van der Waals surface area contributed by atoms with E-state index in [1.807, 2.05) is 20.8 Å². The molecule has 0 bridgehead atoms. The van der Waals surface area contributed by atoms with Crippen LogP contribution in [0.2, 0.25) is 0 Å². The number of nitrogens with one attached hydrogen (secondary N) is 1. The summed E-state index contributed by atoms with van der Waals surface area (Å²) in [6.45, 7) is 5.87. The van der Waals surface area contributed by atoms with Crippen molar-refractivity contribution in [1.82, 2.24) is 4.31 Å². The Morgan fingerprint density at radius 2 is 1.73 bits per heavy atom. The molecule has 1 saturated heterocycles. The van der Waals surface area contributed by atoms with Gasteiger partial charge in [0.1, 0.15) is 18.5 Å². The molecule has 0 spiro atoms. The summed E-state index contributed by atoms with van der Waals surface area (Å²) in [4.78, 5) is 15.5. The zero-order valence-corrected chi connectivity index (χ0v) is 21.7. The van der Waals surface area contributed by atoms with Crippen LogP contribution >= 0.6 is 0 Å². The number of sulfonamides is 1. The van der Waals surface area contributed by atoms with Gasteiger partial charge in [-0.2, -0.15) is 0 Å². The van der Waals surface area contributed by atoms with E-state index in [0.29, 0.717) is 34.9 Å². The second-order valence-electron chi connectivity index (χ2n) is 8.78. The zero-order chi connectivity index (χ0) is 26.7. The summed E-state index contributed by atoms with van der Waals surface area (Å²) in [7, 11) is -4.10. The number of carbonyl (C=O) groups is 1. The maximum atomic E-state index is 13.8. The van der Waals surface area contributed by atoms with Crippen molar-refractivity contribution < 1.29 is 22.7 Å². The molecule has 0 aromatic heterocycles. The van der Waals surface area contributed by atoms with Gasteiger partial charge in [-0.1, -0.05) is 24.3 Å². The Labute approximate surface area is 217 Å². The van der Waals surface area contributed by atoms with Crippen LogP contribution in [-0.4, -0.2) is 43.8 Å². The molecule has 37 heavy (non-hydrogen) atoms. The summed E-state index contributed by atoms with van der Waals surface area (Å²) in [5.41, 5.74) is 7.29. The highest BCUT2D eigenvalue weighted by molar-refractivity contribution is 7.89. The lowest BCUT2D eigenvalue weighted by Crippen LogP contribution is -2.34. The number of carbonyl (C=O) groups excluding carboxylic acids is 1. The van der Waals surface area contributed by atoms with Crippen LogP contribution in [0.25, 0.3) is 0 Å². The van der Waals surface area contributed by atoms with E-state index in [9.17, 15) is 13.2 Å². The van der Waals surface area contributed by atoms with E-state index in [-0.39, 0.29) is 23.5 Å². The van der Waals surface area contributed by atoms with Crippen LogP contribution < -0.4 is 20.1 Å². The fourth-order valence-electron chi connectivity index (χ4n) is 4.17. The molecule has 0 aliphatic carbocycles. The molecular weight excluding hydrogens is 492 g/mol. The van der Waals surface area contributed by atoms with Crippen LogP contribution in [0.15, 0.2) is 77.7 Å². The summed E-state index contributed by atoms with van der Waals surface area (Å²) >= 11 is 0. The predicted molar refractivity (Wildman–Crippen MR) is 141 cm³/mol. The normalized spacial score (nSPS) is 15.8. The van der Waals surface area contributed by atoms with Crippen LogP contribution in [0.3, 0.4) is 0 Å². The maximum absolute atomic E-state index is 13.8. The molecule has 3 aromatic carbocycles. The SMILES string of the molecule is CCOc1cc(C2C(=O)N(S(=O)(=O)c3ccccc3)CN2c2ccc(C(=N)N)cc2)ccc1OC(C)C. The molecule has 1 aliphatic heterocycles. The van der Waals surface area contributed by atoms with Crippen LogP contribution in [0.4, 0.5) is 5.69 Å². The number of benzene rings is 3. The van der Waals surface area contributed by atoms with Crippen molar-refractivity contribution in [3.63, 3.8) is 0 Å². The van der Waals surface area contributed by atoms with E-state index in [4.69, 9.17) is 20.6 Å². The fraction of sp³-hybridized carbons (Fsp3) is 0.259. The molecule has 3 N–H and O–H groups in total. The molecular formula is C27H30N4O5S. The zero-order valence-electron chi connectivity index (χ0n) is 20.9. The molecule has 10 heteroatoms. The molecule has 0 radical (unpaired) electrons. The highest BCUT2D eigenvalue weighted by atomic mass is 32.2. The number of nitrogen functional groups attached to an aromatic ring is 1. The molecule has 1 aliphatic rings. The number of hydrogen-bond acceptors (Lipinski definition) is 7. The van der Waals surface area contributed by atoms with Gasteiger partial charge in [0.25, 0.3) is 15.9 Å². The van der Waals surface area contributed by atoms with E-state index in [0.717, 1.165) is 4.31 Å². The minimum Gasteiger partial charge on any atom is -0.490 e. The molecule has 3 aromatic rings. The van der Waals surface area contributed by atoms with Gasteiger partial charge in [-0.15, -0.1) is 0 Å². The van der Waals surface area contributed by atoms with Gasteiger partial charge in [-0.3, -0.25) is 10.2 Å². The maximum Gasteiger partial charge on any atom is 0.268 e. The molecule has 9 nitrogen and oxygen atoms in total. The summed E-state index contributed by atoms with van der Waals surface area (Å²) < 4.78 is 39.5. The lowest BCUT2D eigenvalue weighted by Gasteiger charge is -2.25. The molecule has 1 amide bonds. The number of nitrogens with zero attached hydrogens (tertiary/aromatic N) is 2. The smallest absolute Gasteiger partial charge is 0.268 e. The first-order valence-electron chi connectivity index (χ1n) is 11.9. The van der Waals surface area contributed by atoms with E-state index in [1.165, 1.54) is 12.1 Å². The molecule has 194 valence electrons. The van der Waals surface area contributed by atoms with E-state index < -0.39 is 22.0 Å². The lowest BCUT2D eigenvalue weighted by atomic mass is 10.0. The Morgan fingerprint density at radius 1 is 1.05 bits per heavy atom. The van der Waals surface area contributed by atoms with Gasteiger partial charge in [0.05, 0.1) is 17.6 Å². The highest BCUT2D eigenvalue weighted by Crippen LogP contribution is 2.40. The molecule has 1 fully saturated rings. The van der Waals surface area contributed by atoms with Crippen LogP contribution in [0.5, 0.6) is 11.5 Å². The Bertz CT molecular complexity index is 1390. The van der Waals surface area contributed by atoms with Crippen LogP contribution in [0, 0.1) is 5.41 Å². The summed E-state index contributed by atoms with van der Waals surface area (Å²) in [6, 6.07) is 18.9. The van der Waals surface area contributed by atoms with Crippen molar-refractivity contribution in [3.05, 3.63) is 83.9 Å². The molecule has 4 rings (SSSR count). The van der Waals surface area contributed by atoms with Crippen molar-refractivity contribution in [1.29, 1.82) is 5.41 Å². The minimum absolute atomic E-state index is 0.0339. The van der Waals surface area contributed by atoms with Crippen LogP contribution in [-0.2, 0) is 14.8 Å². The Morgan fingerprint density at radius 3 is 2.32 bits per heavy atom. The van der Waals surface area contributed by atoms with Crippen molar-refractivity contribution in [2.75, 3.05) is 18.2 Å². The average Bonchev–Trinajstić information content (AvgIpc) is 3.23. The van der Waals surface area contributed by atoms with Gasteiger partial charge in [-0.05, 0) is 74.9 Å². The van der Waals surface area contributed by atoms with Crippen molar-refractivity contribution in [2.24, 2.45) is 5.73 Å². The third-order valence-electron chi connectivity index (χ3n) is 5.86. The number of anilines is 1. The fourth-order valence-corrected chi connectivity index (χ4v) is 5.54. The summed E-state index contributed by atoms with van der Waals surface area (Å²) in [5, 5.41) is 7.66. The van der Waals surface area contributed by atoms with Crippen molar-refractivity contribution >= 4 is 27.5 Å². The second kappa shape index (κ2) is 10.5.